The van der Waals surface area contributed by atoms with E-state index in [4.69, 9.17) is 80.4 Å². The number of aromatic nitrogens is 2. The first kappa shape index (κ1) is 128. The number of amidine groups is 2. The molecule has 0 saturated carbocycles. The topological polar surface area (TPSA) is 514 Å². The predicted octanol–water partition coefficient (Wildman–Crippen LogP) is 18.2. The van der Waals surface area contributed by atoms with Crippen LogP contribution < -0.4 is 22.7 Å². The molecule has 10 rings (SSSR count). The summed E-state index contributed by atoms with van der Waals surface area (Å²) < 4.78 is 78.2. The van der Waals surface area contributed by atoms with Gasteiger partial charge in [-0.25, -0.2) is 34.9 Å². The quantitative estimate of drug-likeness (QED) is 0.00963. The normalized spacial score (nSPS) is 17.5. The maximum Gasteiger partial charge on any atom is 0.412 e. The number of H-pyrrole nitrogens is 1. The van der Waals surface area contributed by atoms with Crippen molar-refractivity contribution in [1.29, 1.82) is 15.9 Å². The average Bonchev–Trinajstić information content (AvgIpc) is 1.66. The van der Waals surface area contributed by atoms with Crippen molar-refractivity contribution in [1.82, 2.24) is 34.9 Å². The highest BCUT2D eigenvalue weighted by molar-refractivity contribution is 9.09. The van der Waals surface area contributed by atoms with Crippen LogP contribution >= 0.6 is 28.3 Å². The fraction of sp³-hybridized carbons (Fsp3) is 0.578. The first-order valence-electron chi connectivity index (χ1n) is 45.5. The number of aromatic amines is 1. The number of hydrogen-bond acceptors (Lipinski definition) is 28. The maximum atomic E-state index is 12.8. The van der Waals surface area contributed by atoms with Crippen LogP contribution in [0.4, 0.5) is 24.0 Å². The minimum atomic E-state index is -3.66. The van der Waals surface area contributed by atoms with Crippen LogP contribution in [0, 0.1) is 33.5 Å². The van der Waals surface area contributed by atoms with Gasteiger partial charge in [0.2, 0.25) is 0 Å². The molecule has 5 heterocycles. The van der Waals surface area contributed by atoms with E-state index < -0.39 is 73.4 Å². The van der Waals surface area contributed by atoms with E-state index in [1.54, 1.807) is 88.9 Å². The van der Waals surface area contributed by atoms with E-state index in [1.165, 1.54) is 0 Å². The van der Waals surface area contributed by atoms with Crippen LogP contribution in [0.2, 0.25) is 0 Å². The number of ether oxygens (including phenoxy) is 9. The number of halogens is 2. The fourth-order valence-electron chi connectivity index (χ4n) is 13.9. The van der Waals surface area contributed by atoms with Crippen molar-refractivity contribution in [2.75, 3.05) is 52.6 Å². The van der Waals surface area contributed by atoms with Crippen LogP contribution in [0.1, 0.15) is 264 Å². The number of oxime groups is 1. The molecule has 4 aliphatic heterocycles. The Morgan fingerprint density at radius 1 is 0.518 bits per heavy atom. The van der Waals surface area contributed by atoms with Crippen LogP contribution in [0.15, 0.2) is 133 Å². The SMILES string of the molecule is C.CC(C)(C)C(=O)CBr.CC(C)(C)OC(=O)N1[C@@H](Cc2ccc(-c3ncc(C(C)(C)C)[nH]3)cc2)COC1(C)C.CC(C)(C)OC(=O)N1[C@@H](Cc2ccc(C#N)cc2)COC1(C)C.CC(C)(C)OC(=O)N1[C@@H](Cc2ccc(C(=N)N)cc2)COC1(C)C.CC(C)(C)OC(=O)N1[C@@H](Cc2ccc(C(N)=NO)cc2)COC1(C)C.CC(C)(C)OC(=O)N[C@H](CO)Cc1ccc(C#N)cc1.COS(=O)(=O)OC.Cl.NO. The molecule has 5 amide bonds. The molecule has 0 aliphatic carbocycles. The average molecular weight is 2080 g/mol. The van der Waals surface area contributed by atoms with Crippen LogP contribution in [0.3, 0.4) is 0 Å². The van der Waals surface area contributed by atoms with Gasteiger partial charge in [0.15, 0.2) is 5.84 Å². The summed E-state index contributed by atoms with van der Waals surface area (Å²) in [5.41, 5.74) is 15.2. The van der Waals surface area contributed by atoms with Crippen LogP contribution in [-0.2, 0) is 104 Å². The first-order chi connectivity index (χ1) is 63.8. The lowest BCUT2D eigenvalue weighted by Crippen LogP contribution is -2.50. The summed E-state index contributed by atoms with van der Waals surface area (Å²) in [5.74, 6) is 4.72. The number of nitrogens with two attached hydrogens (primary N) is 3. The Morgan fingerprint density at radius 2 is 0.801 bits per heavy atom. The summed E-state index contributed by atoms with van der Waals surface area (Å²) in [4.78, 5) is 87.7. The molecule has 1 aromatic heterocycles. The Kier molecular flexibility index (Phi) is 49.9. The smallest absolute Gasteiger partial charge is 0.412 e. The molecule has 12 N–H and O–H groups in total. The van der Waals surface area contributed by atoms with Gasteiger partial charge in [0, 0.05) is 39.4 Å². The van der Waals surface area contributed by atoms with Crippen molar-refractivity contribution in [3.8, 4) is 23.5 Å². The Labute approximate surface area is 850 Å². The van der Waals surface area contributed by atoms with Gasteiger partial charge >= 0.3 is 40.9 Å². The highest BCUT2D eigenvalue weighted by Gasteiger charge is 2.50. The number of alkyl halides is 1. The van der Waals surface area contributed by atoms with Crippen molar-refractivity contribution in [2.45, 2.75) is 327 Å². The second kappa shape index (κ2) is 54.8. The number of nitrogens with zero attached hydrogens (tertiary/aromatic N) is 8. The molecular formula is C102H158BrClN14O22S. The summed E-state index contributed by atoms with van der Waals surface area (Å²) in [6.45, 7) is 56.5. The molecule has 141 heavy (non-hydrogen) atoms. The number of nitrogens with one attached hydrogen (secondary N) is 3. The number of ketones is 1. The summed E-state index contributed by atoms with van der Waals surface area (Å²) in [5, 5.41) is 55.6. The van der Waals surface area contributed by atoms with Gasteiger partial charge in [-0.2, -0.15) is 18.9 Å². The van der Waals surface area contributed by atoms with E-state index in [2.05, 4.69) is 102 Å². The van der Waals surface area contributed by atoms with Gasteiger partial charge in [-0.05, 0) is 243 Å². The first-order valence-corrected chi connectivity index (χ1v) is 47.9. The highest BCUT2D eigenvalue weighted by Crippen LogP contribution is 2.37. The minimum absolute atomic E-state index is 0. The lowest BCUT2D eigenvalue weighted by molar-refractivity contribution is -0.123. The number of benzene rings is 5. The lowest BCUT2D eigenvalue weighted by Gasteiger charge is -2.35. The molecule has 4 saturated heterocycles. The molecule has 0 radical (unpaired) electrons. The number of rotatable bonds is 18. The van der Waals surface area contributed by atoms with Gasteiger partial charge in [0.25, 0.3) is 0 Å². The molecule has 6 aromatic rings. The van der Waals surface area contributed by atoms with Gasteiger partial charge in [-0.3, -0.25) is 38.2 Å². The van der Waals surface area contributed by atoms with Gasteiger partial charge < -0.3 is 79.9 Å². The summed E-state index contributed by atoms with van der Waals surface area (Å²) in [7, 11) is -1.60. The van der Waals surface area contributed by atoms with Crippen molar-refractivity contribution in [2.24, 2.45) is 27.9 Å². The Hall–Kier alpha value is -10.6. The summed E-state index contributed by atoms with van der Waals surface area (Å²) in [6.07, 6.45) is 3.02. The van der Waals surface area contributed by atoms with Crippen molar-refractivity contribution >= 4 is 86.7 Å². The molecule has 5 atom stereocenters. The number of nitrogen functional groups attached to an aromatic ring is 1. The van der Waals surface area contributed by atoms with Gasteiger partial charge in [-0.1, -0.05) is 167 Å². The van der Waals surface area contributed by atoms with Crippen LogP contribution in [-0.4, -0.2) is 235 Å². The second-order valence-corrected chi connectivity index (χ2v) is 44.2. The zero-order valence-corrected chi connectivity index (χ0v) is 90.6. The third-order valence-electron chi connectivity index (χ3n) is 20.7. The molecule has 0 bridgehead atoms. The van der Waals surface area contributed by atoms with Gasteiger partial charge in [0.1, 0.15) is 68.3 Å². The Morgan fingerprint density at radius 3 is 1.03 bits per heavy atom. The van der Waals surface area contributed by atoms with E-state index in [0.717, 1.165) is 59.1 Å². The van der Waals surface area contributed by atoms with Crippen molar-refractivity contribution < 1.29 is 104 Å². The molecule has 0 spiro atoms. The van der Waals surface area contributed by atoms with Gasteiger partial charge in [0.05, 0.1) is 106 Å². The van der Waals surface area contributed by atoms with Crippen LogP contribution in [0.25, 0.3) is 11.4 Å². The Bertz CT molecular complexity index is 5170. The molecule has 788 valence electrons. The fourth-order valence-corrected chi connectivity index (χ4v) is 14.9. The third-order valence-corrected chi connectivity index (χ3v) is 22.1. The molecule has 4 fully saturated rings. The number of imidazole rings is 1. The van der Waals surface area contributed by atoms with E-state index in [0.29, 0.717) is 86.1 Å². The molecule has 36 nitrogen and oxygen atoms in total. The number of carbonyl (C=O) groups excluding carboxylic acids is 6. The monoisotopic (exact) mass is 2080 g/mol. The number of nitriles is 2. The third kappa shape index (κ3) is 44.4. The number of carbonyl (C=O) groups is 6. The van der Waals surface area contributed by atoms with E-state index in [1.807, 2.05) is 220 Å². The van der Waals surface area contributed by atoms with Crippen molar-refractivity contribution in [3.63, 3.8) is 0 Å². The highest BCUT2D eigenvalue weighted by atomic mass is 79.9. The van der Waals surface area contributed by atoms with Gasteiger partial charge in [-0.15, -0.1) is 12.4 Å². The number of aliphatic hydroxyl groups is 1. The molecule has 4 aliphatic rings. The molecular weight excluding hydrogens is 1920 g/mol. The number of Topliss-reactive ketones (excluding diaryl/α,β-unsaturated/α-hetero) is 1. The largest absolute Gasteiger partial charge is 0.444 e. The Balaban J connectivity index is 0.000000846. The van der Waals surface area contributed by atoms with E-state index >= 15 is 0 Å². The predicted molar refractivity (Wildman–Crippen MR) is 549 cm³/mol. The number of hydrogen-bond donors (Lipinski definition) is 9. The maximum absolute atomic E-state index is 12.8. The molecule has 0 unspecified atom stereocenters. The van der Waals surface area contributed by atoms with Crippen LogP contribution in [0.5, 0.6) is 0 Å². The summed E-state index contributed by atoms with van der Waals surface area (Å²) >= 11 is 3.10. The second-order valence-electron chi connectivity index (χ2n) is 42.1. The zero-order valence-electron chi connectivity index (χ0n) is 87.4. The minimum Gasteiger partial charge on any atom is -0.444 e. The number of aliphatic hydroxyl groups excluding tert-OH is 1. The number of alkyl carbamates (subject to hydrolysis) is 1. The van der Waals surface area contributed by atoms with E-state index in [9.17, 15) is 42.3 Å². The van der Waals surface area contributed by atoms with E-state index in [-0.39, 0.29) is 103 Å². The zero-order chi connectivity index (χ0) is 106. The lowest BCUT2D eigenvalue weighted by atomic mass is 9.92. The molecule has 5 aromatic carbocycles. The number of amides is 5. The molecule has 39 heteroatoms. The summed E-state index contributed by atoms with van der Waals surface area (Å²) in [6, 6.07) is 40.9. The van der Waals surface area contributed by atoms with Crippen molar-refractivity contribution in [3.05, 3.63) is 183 Å². The standard InChI is InChI=1S/C24H35N3O3.C18H27N3O4.C18H27N3O3.C18H24N2O3.C15H20N2O3.C6H11BrO.C2H6O4S.CH4.ClH.H3NO/c1-22(2,3)19-14-25-20(26-19)17-11-9-16(10-12-17)13-18-15-29-24(7,8)27(18)21(28)30-23(4,5)6;1-17(2,3)25-16(22)21-14(11-24-18(21,4)5)10-12-6-8-13(9-7-12)15(19)20-23;1-17(2,3)24-16(22)21-14(11-23-18(21,4)5)10-12-6-8-13(9-7-12)15(19)20;1-17(2,3)23-16(21)20-15(12-22-18(20,4)5)10-13-6-8-14(11-19)9-7-13;1-15(2,3)20-14(19)17-13(10-18)8-11-4-6-12(9-16)7-5-11;1-6(2,3)5(8)4-7;1-5-7(3,4)6-2;;;1-2/h9-12,14,18H,13,15H2,1-8H3,(H,25,26);6-9,14,23H,10-11H2,1-5H3,(H2,19,20);6-9,14H,10-11H2,1-5H3,(H3,19,20);6-9,15H,10,12H2,1-5H3;4-7,13,18H,8,10H2,1-3H3,(H,17,19);4H2,1-3H3;1-2H3;1H4;1H;2H,1H2/t18-;2*14-;15-;13-;;;;;/m00000...../s1.